The zero-order valence-electron chi connectivity index (χ0n) is 22.6. The van der Waals surface area contributed by atoms with E-state index in [1.54, 1.807) is 18.2 Å². The molecule has 1 aromatic carbocycles. The minimum atomic E-state index is -1.92. The fourth-order valence-corrected chi connectivity index (χ4v) is 5.41. The molecule has 0 unspecified atom stereocenters. The van der Waals surface area contributed by atoms with Gasteiger partial charge in [-0.15, -0.1) is 0 Å². The van der Waals surface area contributed by atoms with Crippen molar-refractivity contribution in [2.24, 2.45) is 0 Å². The number of nitrogens with one attached hydrogen (secondary N) is 1. The number of aromatic nitrogens is 1. The molecule has 43 heavy (non-hydrogen) atoms. The minimum Gasteiger partial charge on any atom is -0.460 e. The summed E-state index contributed by atoms with van der Waals surface area (Å²) in [5, 5.41) is 104. The van der Waals surface area contributed by atoms with Gasteiger partial charge in [0.1, 0.15) is 79.0 Å². The third kappa shape index (κ3) is 6.25. The van der Waals surface area contributed by atoms with E-state index >= 15 is 0 Å². The molecule has 0 spiro atoms. The lowest BCUT2D eigenvalue weighted by atomic mass is 9.96. The zero-order chi connectivity index (χ0) is 31.0. The first kappa shape index (κ1) is 32.4. The van der Waals surface area contributed by atoms with E-state index in [9.17, 15) is 51.1 Å². The molecule has 5 rings (SSSR count). The van der Waals surface area contributed by atoms with Gasteiger partial charge < -0.3 is 84.5 Å². The number of ether oxygens (including phenoxy) is 6. The van der Waals surface area contributed by atoms with Gasteiger partial charge in [-0.1, -0.05) is 12.1 Å². The Morgan fingerprint density at radius 1 is 0.581 bits per heavy atom. The third-order valence-electron chi connectivity index (χ3n) is 7.87. The molecule has 4 heterocycles. The highest BCUT2D eigenvalue weighted by Crippen LogP contribution is 2.34. The SMILES string of the molecule is OC[C@H]1O[C@@H](O[C@H]2[C@H](O)[C@@H](O)[C@H](O[C@H]3[C@H](O)[C@@H](O)[C@H](Oc4c[nH]c5ccccc45)O[C@@H]3CO)O[C@@H]2CO)[C@H](O)[C@@H](O)[C@@H]1O. The molecule has 2 aromatic rings. The smallest absolute Gasteiger partial charge is 0.229 e. The molecule has 3 aliphatic rings. The minimum absolute atomic E-state index is 0.313. The van der Waals surface area contributed by atoms with Crippen LogP contribution in [0.5, 0.6) is 5.75 Å². The van der Waals surface area contributed by atoms with E-state index in [-0.39, 0.29) is 0 Å². The quantitative estimate of drug-likeness (QED) is 0.125. The van der Waals surface area contributed by atoms with Gasteiger partial charge in [-0.3, -0.25) is 0 Å². The molecule has 0 aliphatic carbocycles. The van der Waals surface area contributed by atoms with Crippen molar-refractivity contribution in [3.63, 3.8) is 0 Å². The third-order valence-corrected chi connectivity index (χ3v) is 7.87. The van der Waals surface area contributed by atoms with Gasteiger partial charge in [0.15, 0.2) is 12.6 Å². The Morgan fingerprint density at radius 2 is 1.07 bits per heavy atom. The number of H-pyrrole nitrogens is 1. The van der Waals surface area contributed by atoms with Crippen molar-refractivity contribution in [2.45, 2.75) is 92.1 Å². The van der Waals surface area contributed by atoms with Gasteiger partial charge in [-0.05, 0) is 12.1 Å². The molecule has 15 atom stereocenters. The average molecular weight is 620 g/mol. The van der Waals surface area contributed by atoms with Crippen molar-refractivity contribution >= 4 is 10.9 Å². The number of benzene rings is 1. The number of rotatable bonds is 9. The second kappa shape index (κ2) is 13.5. The van der Waals surface area contributed by atoms with Gasteiger partial charge in [0.2, 0.25) is 6.29 Å². The van der Waals surface area contributed by atoms with E-state index in [2.05, 4.69) is 4.98 Å². The lowest BCUT2D eigenvalue weighted by Crippen LogP contribution is -2.66. The van der Waals surface area contributed by atoms with Gasteiger partial charge in [0.25, 0.3) is 0 Å². The molecule has 3 aliphatic heterocycles. The zero-order valence-corrected chi connectivity index (χ0v) is 22.6. The van der Waals surface area contributed by atoms with E-state index in [0.29, 0.717) is 11.1 Å². The van der Waals surface area contributed by atoms with E-state index in [0.717, 1.165) is 5.52 Å². The fourth-order valence-electron chi connectivity index (χ4n) is 5.41. The molecule has 17 nitrogen and oxygen atoms in total. The van der Waals surface area contributed by atoms with Crippen molar-refractivity contribution in [1.29, 1.82) is 0 Å². The Balaban J connectivity index is 1.26. The van der Waals surface area contributed by atoms with Gasteiger partial charge in [-0.25, -0.2) is 0 Å². The molecule has 242 valence electrons. The average Bonchev–Trinajstić information content (AvgIpc) is 3.42. The van der Waals surface area contributed by atoms with E-state index < -0.39 is 112 Å². The molecule has 3 saturated heterocycles. The van der Waals surface area contributed by atoms with Crippen LogP contribution in [0.25, 0.3) is 10.9 Å². The highest BCUT2D eigenvalue weighted by molar-refractivity contribution is 5.85. The number of hydrogen-bond acceptors (Lipinski definition) is 16. The van der Waals surface area contributed by atoms with Crippen LogP contribution in [0.15, 0.2) is 30.5 Å². The maximum absolute atomic E-state index is 10.9. The van der Waals surface area contributed by atoms with Crippen LogP contribution in [0.2, 0.25) is 0 Å². The van der Waals surface area contributed by atoms with E-state index in [4.69, 9.17) is 28.4 Å². The van der Waals surface area contributed by atoms with Crippen LogP contribution in [-0.2, 0) is 23.7 Å². The summed E-state index contributed by atoms with van der Waals surface area (Å²) >= 11 is 0. The van der Waals surface area contributed by atoms with Crippen LogP contribution in [-0.4, -0.2) is 168 Å². The summed E-state index contributed by atoms with van der Waals surface area (Å²) in [5.74, 6) is 0.313. The summed E-state index contributed by atoms with van der Waals surface area (Å²) in [7, 11) is 0. The van der Waals surface area contributed by atoms with Gasteiger partial charge in [-0.2, -0.15) is 0 Å². The molecule has 3 fully saturated rings. The van der Waals surface area contributed by atoms with E-state index in [1.807, 2.05) is 6.07 Å². The molecular formula is C26H37NO16. The Morgan fingerprint density at radius 3 is 1.65 bits per heavy atom. The molecule has 0 radical (unpaired) electrons. The maximum Gasteiger partial charge on any atom is 0.229 e. The Labute approximate surface area is 243 Å². The van der Waals surface area contributed by atoms with Crippen molar-refractivity contribution in [3.05, 3.63) is 30.5 Å². The normalized spacial score (nSPS) is 44.0. The number of para-hydroxylation sites is 1. The first-order chi connectivity index (χ1) is 20.6. The second-order valence-corrected chi connectivity index (χ2v) is 10.6. The van der Waals surface area contributed by atoms with Crippen LogP contribution in [0.4, 0.5) is 0 Å². The Hall–Kier alpha value is -2.04. The standard InChI is InChI=1S/C26H37NO16/c28-6-12-15(31)16(32)19(35)25(39-12)42-23-14(8-30)41-26(21(37)18(23)34)43-22-13(7-29)40-24(20(36)17(22)33)38-11-5-27-10-4-2-1-3-9(10)11/h1-5,12-37H,6-8H2/t12-,13-,14-,15-,16+,17-,18-,19-,20-,21-,22-,23-,24-,25+,26+/m1/s1. The van der Waals surface area contributed by atoms with Gasteiger partial charge in [0.05, 0.1) is 19.8 Å². The predicted octanol–water partition coefficient (Wildman–Crippen LogP) is -5.00. The van der Waals surface area contributed by atoms with E-state index in [1.165, 1.54) is 6.20 Å². The summed E-state index contributed by atoms with van der Waals surface area (Å²) in [4.78, 5) is 3.00. The lowest BCUT2D eigenvalue weighted by Gasteiger charge is -2.48. The highest BCUT2D eigenvalue weighted by Gasteiger charge is 2.53. The van der Waals surface area contributed by atoms with Gasteiger partial charge in [0, 0.05) is 17.1 Å². The van der Waals surface area contributed by atoms with Crippen LogP contribution >= 0.6 is 0 Å². The number of hydrogen-bond donors (Lipinski definition) is 11. The van der Waals surface area contributed by atoms with Crippen molar-refractivity contribution in [2.75, 3.05) is 19.8 Å². The summed E-state index contributed by atoms with van der Waals surface area (Å²) in [6.07, 6.45) is -23.1. The van der Waals surface area contributed by atoms with Crippen molar-refractivity contribution in [3.8, 4) is 5.75 Å². The van der Waals surface area contributed by atoms with Crippen LogP contribution in [0.3, 0.4) is 0 Å². The summed E-state index contributed by atoms with van der Waals surface area (Å²) in [6, 6.07) is 7.16. The largest absolute Gasteiger partial charge is 0.460 e. The topological polar surface area (TPSA) is 273 Å². The lowest BCUT2D eigenvalue weighted by molar-refractivity contribution is -0.376. The molecule has 0 saturated carbocycles. The first-order valence-corrected chi connectivity index (χ1v) is 13.7. The van der Waals surface area contributed by atoms with Gasteiger partial charge >= 0.3 is 0 Å². The molecular weight excluding hydrogens is 582 g/mol. The molecule has 0 amide bonds. The number of aliphatic hydroxyl groups excluding tert-OH is 10. The molecule has 17 heteroatoms. The van der Waals surface area contributed by atoms with Crippen LogP contribution in [0, 0.1) is 0 Å². The Bertz CT molecular complexity index is 1180. The maximum atomic E-state index is 10.9. The van der Waals surface area contributed by atoms with Crippen molar-refractivity contribution in [1.82, 2.24) is 4.98 Å². The predicted molar refractivity (Wildman–Crippen MR) is 138 cm³/mol. The number of aliphatic hydroxyl groups is 10. The van der Waals surface area contributed by atoms with Crippen LogP contribution < -0.4 is 4.74 Å². The number of aromatic amines is 1. The molecule has 1 aromatic heterocycles. The highest BCUT2D eigenvalue weighted by atomic mass is 16.8. The summed E-state index contributed by atoms with van der Waals surface area (Å²) < 4.78 is 33.5. The number of fused-ring (bicyclic) bond motifs is 1. The van der Waals surface area contributed by atoms with Crippen LogP contribution in [0.1, 0.15) is 0 Å². The fraction of sp³-hybridized carbons (Fsp3) is 0.692. The molecule has 0 bridgehead atoms. The second-order valence-electron chi connectivity index (χ2n) is 10.6. The monoisotopic (exact) mass is 619 g/mol. The summed E-state index contributed by atoms with van der Waals surface area (Å²) in [6.45, 7) is -2.28. The first-order valence-electron chi connectivity index (χ1n) is 13.7. The molecule has 11 N–H and O–H groups in total. The Kier molecular flexibility index (Phi) is 10.2. The summed E-state index contributed by atoms with van der Waals surface area (Å²) in [5.41, 5.74) is 0.748. The van der Waals surface area contributed by atoms with Crippen molar-refractivity contribution < 1.29 is 79.5 Å².